The minimum absolute atomic E-state index is 0.122. The van der Waals surface area contributed by atoms with Gasteiger partial charge in [-0.1, -0.05) is 30.3 Å². The van der Waals surface area contributed by atoms with Crippen LogP contribution in [0.4, 0.5) is 10.1 Å². The average molecular weight is 404 g/mol. The van der Waals surface area contributed by atoms with Crippen LogP contribution in [0.15, 0.2) is 72.8 Å². The Kier molecular flexibility index (Phi) is 5.75. The van der Waals surface area contributed by atoms with Gasteiger partial charge in [-0.05, 0) is 60.0 Å². The molecule has 5 nitrogen and oxygen atoms in total. The van der Waals surface area contributed by atoms with E-state index in [1.165, 1.54) is 12.1 Å². The summed E-state index contributed by atoms with van der Waals surface area (Å²) in [7, 11) is 0. The molecule has 0 unspecified atom stereocenters. The monoisotopic (exact) mass is 404 g/mol. The maximum absolute atomic E-state index is 13.0. The zero-order valence-corrected chi connectivity index (χ0v) is 16.2. The van der Waals surface area contributed by atoms with Gasteiger partial charge in [-0.15, -0.1) is 0 Å². The molecule has 1 atom stereocenters. The first kappa shape index (κ1) is 19.6. The van der Waals surface area contributed by atoms with Crippen molar-refractivity contribution in [1.82, 2.24) is 5.32 Å². The highest BCUT2D eigenvalue weighted by Crippen LogP contribution is 2.30. The molecular weight excluding hydrogens is 383 g/mol. The molecule has 2 amide bonds. The van der Waals surface area contributed by atoms with E-state index in [4.69, 9.17) is 4.74 Å². The number of hydrogen-bond acceptors (Lipinski definition) is 3. The van der Waals surface area contributed by atoms with E-state index in [1.54, 1.807) is 30.3 Å². The molecule has 2 N–H and O–H groups in total. The first-order valence-corrected chi connectivity index (χ1v) is 9.73. The number of nitrogens with one attached hydrogen (secondary N) is 2. The Morgan fingerprint density at radius 1 is 1.00 bits per heavy atom. The molecule has 1 heterocycles. The molecule has 0 aromatic heterocycles. The summed E-state index contributed by atoms with van der Waals surface area (Å²) in [6.45, 7) is 0.619. The topological polar surface area (TPSA) is 67.4 Å². The van der Waals surface area contributed by atoms with Gasteiger partial charge in [-0.2, -0.15) is 0 Å². The molecular formula is C24H21FN2O3. The molecule has 30 heavy (non-hydrogen) atoms. The summed E-state index contributed by atoms with van der Waals surface area (Å²) in [6, 6.07) is 20.4. The Morgan fingerprint density at radius 2 is 1.77 bits per heavy atom. The molecule has 0 radical (unpaired) electrons. The van der Waals surface area contributed by atoms with Crippen LogP contribution >= 0.6 is 0 Å². The standard InChI is InChI=1S/C24H21FN2O3/c25-20-8-6-16(7-9-20)14-26-23(28)19-12-18-13-21(10-11-22(18)30-15-19)27-24(29)17-4-2-1-3-5-17/h1-11,13,19H,12,14-15H2,(H,26,28)(H,27,29)/t19-/m1/s1. The third-order valence-corrected chi connectivity index (χ3v) is 5.01. The zero-order valence-electron chi connectivity index (χ0n) is 16.2. The van der Waals surface area contributed by atoms with Crippen LogP contribution in [-0.2, 0) is 17.8 Å². The SMILES string of the molecule is O=C(Nc1ccc2c(c1)C[C@@H](C(=O)NCc1ccc(F)cc1)CO2)c1ccccc1. The lowest BCUT2D eigenvalue weighted by molar-refractivity contribution is -0.126. The van der Waals surface area contributed by atoms with E-state index in [1.807, 2.05) is 30.3 Å². The lowest BCUT2D eigenvalue weighted by Crippen LogP contribution is -2.37. The Morgan fingerprint density at radius 3 is 2.53 bits per heavy atom. The highest BCUT2D eigenvalue weighted by molar-refractivity contribution is 6.04. The third-order valence-electron chi connectivity index (χ3n) is 5.01. The number of carbonyl (C=O) groups excluding carboxylic acids is 2. The van der Waals surface area contributed by atoms with Crippen molar-refractivity contribution < 1.29 is 18.7 Å². The van der Waals surface area contributed by atoms with Crippen LogP contribution in [0.2, 0.25) is 0 Å². The van der Waals surface area contributed by atoms with Crippen LogP contribution in [0.3, 0.4) is 0 Å². The van der Waals surface area contributed by atoms with E-state index in [9.17, 15) is 14.0 Å². The number of rotatable bonds is 5. The molecule has 3 aromatic rings. The summed E-state index contributed by atoms with van der Waals surface area (Å²) in [5, 5.41) is 5.75. The van der Waals surface area contributed by atoms with Crippen LogP contribution in [0.1, 0.15) is 21.5 Å². The number of ether oxygens (including phenoxy) is 1. The summed E-state index contributed by atoms with van der Waals surface area (Å²) in [6.07, 6.45) is 0.514. The van der Waals surface area contributed by atoms with Crippen molar-refractivity contribution in [2.45, 2.75) is 13.0 Å². The quantitative estimate of drug-likeness (QED) is 0.677. The van der Waals surface area contributed by atoms with Gasteiger partial charge in [0, 0.05) is 17.8 Å². The number of anilines is 1. The van der Waals surface area contributed by atoms with Crippen LogP contribution in [0.5, 0.6) is 5.75 Å². The number of carbonyl (C=O) groups is 2. The minimum Gasteiger partial charge on any atom is -0.492 e. The van der Waals surface area contributed by atoms with Gasteiger partial charge < -0.3 is 15.4 Å². The minimum atomic E-state index is -0.335. The third kappa shape index (κ3) is 4.66. The summed E-state index contributed by atoms with van der Waals surface area (Å²) < 4.78 is 18.7. The van der Waals surface area contributed by atoms with Crippen LogP contribution in [-0.4, -0.2) is 18.4 Å². The van der Waals surface area contributed by atoms with Gasteiger partial charge in [-0.3, -0.25) is 9.59 Å². The van der Waals surface area contributed by atoms with Crippen molar-refractivity contribution in [2.24, 2.45) is 5.92 Å². The van der Waals surface area contributed by atoms with Crippen molar-refractivity contribution >= 4 is 17.5 Å². The van der Waals surface area contributed by atoms with E-state index < -0.39 is 0 Å². The van der Waals surface area contributed by atoms with Gasteiger partial charge in [0.25, 0.3) is 5.91 Å². The molecule has 0 spiro atoms. The van der Waals surface area contributed by atoms with Gasteiger partial charge in [0.2, 0.25) is 5.91 Å². The molecule has 0 saturated heterocycles. The Bertz CT molecular complexity index is 1050. The smallest absolute Gasteiger partial charge is 0.255 e. The molecule has 6 heteroatoms. The van der Waals surface area contributed by atoms with E-state index in [0.717, 1.165) is 16.9 Å². The fourth-order valence-corrected chi connectivity index (χ4v) is 3.37. The fourth-order valence-electron chi connectivity index (χ4n) is 3.37. The number of halogens is 1. The second-order valence-electron chi connectivity index (χ2n) is 7.20. The molecule has 0 aliphatic carbocycles. The molecule has 152 valence electrons. The second-order valence-corrected chi connectivity index (χ2v) is 7.20. The number of amides is 2. The van der Waals surface area contributed by atoms with E-state index in [0.29, 0.717) is 24.2 Å². The molecule has 4 rings (SSSR count). The van der Waals surface area contributed by atoms with Gasteiger partial charge in [0.15, 0.2) is 0 Å². The molecule has 1 aliphatic rings. The lowest BCUT2D eigenvalue weighted by Gasteiger charge is -2.25. The molecule has 3 aromatic carbocycles. The number of benzene rings is 3. The summed E-state index contributed by atoms with van der Waals surface area (Å²) in [5.41, 5.74) is 2.92. The van der Waals surface area contributed by atoms with Crippen molar-refractivity contribution in [3.63, 3.8) is 0 Å². The second kappa shape index (κ2) is 8.78. The number of fused-ring (bicyclic) bond motifs is 1. The predicted octanol–water partition coefficient (Wildman–Crippen LogP) is 3.95. The van der Waals surface area contributed by atoms with Crippen molar-refractivity contribution in [3.05, 3.63) is 95.3 Å². The van der Waals surface area contributed by atoms with Crippen molar-refractivity contribution in [3.8, 4) is 5.75 Å². The van der Waals surface area contributed by atoms with E-state index in [2.05, 4.69) is 10.6 Å². The maximum Gasteiger partial charge on any atom is 0.255 e. The van der Waals surface area contributed by atoms with Crippen LogP contribution < -0.4 is 15.4 Å². The van der Waals surface area contributed by atoms with Crippen molar-refractivity contribution in [1.29, 1.82) is 0 Å². The summed E-state index contributed by atoms with van der Waals surface area (Å²) >= 11 is 0. The zero-order chi connectivity index (χ0) is 20.9. The molecule has 1 aliphatic heterocycles. The van der Waals surface area contributed by atoms with Crippen LogP contribution in [0.25, 0.3) is 0 Å². The van der Waals surface area contributed by atoms with Crippen molar-refractivity contribution in [2.75, 3.05) is 11.9 Å². The normalized spacial score (nSPS) is 14.9. The average Bonchev–Trinajstić information content (AvgIpc) is 2.78. The molecule has 0 fully saturated rings. The van der Waals surface area contributed by atoms with Crippen LogP contribution in [0, 0.1) is 11.7 Å². The highest BCUT2D eigenvalue weighted by Gasteiger charge is 2.26. The fraction of sp³-hybridized carbons (Fsp3) is 0.167. The largest absolute Gasteiger partial charge is 0.492 e. The van der Waals surface area contributed by atoms with Gasteiger partial charge in [0.05, 0.1) is 5.92 Å². The molecule has 0 saturated carbocycles. The first-order chi connectivity index (χ1) is 14.6. The Balaban J connectivity index is 1.38. The summed E-state index contributed by atoms with van der Waals surface area (Å²) in [5.74, 6) is -0.240. The predicted molar refractivity (Wildman–Crippen MR) is 112 cm³/mol. The summed E-state index contributed by atoms with van der Waals surface area (Å²) in [4.78, 5) is 24.9. The Labute approximate surface area is 173 Å². The van der Waals surface area contributed by atoms with E-state index >= 15 is 0 Å². The highest BCUT2D eigenvalue weighted by atomic mass is 19.1. The lowest BCUT2D eigenvalue weighted by atomic mass is 9.95. The van der Waals surface area contributed by atoms with Gasteiger partial charge in [0.1, 0.15) is 18.2 Å². The molecule has 0 bridgehead atoms. The maximum atomic E-state index is 13.0. The number of hydrogen-bond donors (Lipinski definition) is 2. The van der Waals surface area contributed by atoms with E-state index in [-0.39, 0.29) is 30.2 Å². The Hall–Kier alpha value is -3.67. The van der Waals surface area contributed by atoms with Gasteiger partial charge in [-0.25, -0.2) is 4.39 Å². The first-order valence-electron chi connectivity index (χ1n) is 9.73. The van der Waals surface area contributed by atoms with Gasteiger partial charge >= 0.3 is 0 Å².